The Morgan fingerprint density at radius 3 is 2.54 bits per heavy atom. The van der Waals surface area contributed by atoms with Gasteiger partial charge in [-0.05, 0) is 62.2 Å². The Morgan fingerprint density at radius 2 is 1.96 bits per heavy atom. The minimum atomic E-state index is 0.118. The molecule has 6 heteroatoms. The van der Waals surface area contributed by atoms with Crippen molar-refractivity contribution in [3.05, 3.63) is 24.3 Å². The fraction of sp³-hybridized carbons (Fsp3) is 0.556. The van der Waals surface area contributed by atoms with Gasteiger partial charge in [0, 0.05) is 30.7 Å². The zero-order valence-corrected chi connectivity index (χ0v) is 14.7. The van der Waals surface area contributed by atoms with Gasteiger partial charge in [-0.25, -0.2) is 4.99 Å². The third-order valence-corrected chi connectivity index (χ3v) is 5.10. The maximum absolute atomic E-state index is 12.4. The number of piperidine rings is 1. The van der Waals surface area contributed by atoms with Gasteiger partial charge < -0.3 is 15.0 Å². The van der Waals surface area contributed by atoms with Gasteiger partial charge >= 0.3 is 0 Å². The first kappa shape index (κ1) is 16.9. The van der Waals surface area contributed by atoms with E-state index >= 15 is 0 Å². The monoisotopic (exact) mass is 345 g/mol. The molecular formula is C18H23N3O2S. The molecule has 1 N–H and O–H groups in total. The van der Waals surface area contributed by atoms with E-state index in [1.807, 2.05) is 12.1 Å². The fourth-order valence-electron chi connectivity index (χ4n) is 3.40. The van der Waals surface area contributed by atoms with Crippen LogP contribution in [0.15, 0.2) is 29.3 Å². The van der Waals surface area contributed by atoms with Crippen LogP contribution in [0.4, 0.5) is 5.69 Å². The van der Waals surface area contributed by atoms with E-state index in [-0.39, 0.29) is 23.9 Å². The van der Waals surface area contributed by atoms with Crippen molar-refractivity contribution >= 4 is 29.0 Å². The van der Waals surface area contributed by atoms with Crippen LogP contribution in [-0.2, 0) is 4.79 Å². The second-order valence-corrected chi connectivity index (χ2v) is 6.69. The van der Waals surface area contributed by atoms with E-state index in [9.17, 15) is 4.79 Å². The zero-order chi connectivity index (χ0) is 16.9. The second kappa shape index (κ2) is 7.77. The second-order valence-electron chi connectivity index (χ2n) is 6.51. The summed E-state index contributed by atoms with van der Waals surface area (Å²) in [4.78, 5) is 18.8. The van der Waals surface area contributed by atoms with Gasteiger partial charge in [0.15, 0.2) is 0 Å². The van der Waals surface area contributed by atoms with Crippen molar-refractivity contribution in [2.75, 3.05) is 25.1 Å². The summed E-state index contributed by atoms with van der Waals surface area (Å²) in [6.45, 7) is 1.82. The molecule has 1 aromatic rings. The fourth-order valence-corrected chi connectivity index (χ4v) is 3.55. The first-order chi connectivity index (χ1) is 11.7. The van der Waals surface area contributed by atoms with Gasteiger partial charge in [-0.3, -0.25) is 4.79 Å². The normalized spacial score (nSPS) is 23.8. The van der Waals surface area contributed by atoms with Crippen molar-refractivity contribution in [2.24, 2.45) is 10.9 Å². The first-order valence-corrected chi connectivity index (χ1v) is 8.86. The molecule has 128 valence electrons. The number of isothiocyanates is 1. The predicted octanol–water partition coefficient (Wildman–Crippen LogP) is 2.66. The number of hydrogen-bond acceptors (Lipinski definition) is 5. The van der Waals surface area contributed by atoms with Gasteiger partial charge in [-0.2, -0.15) is 0 Å². The summed E-state index contributed by atoms with van der Waals surface area (Å²) in [7, 11) is 1.67. The summed E-state index contributed by atoms with van der Waals surface area (Å²) in [6, 6.07) is 8.61. The number of nitrogens with one attached hydrogen (secondary N) is 1. The van der Waals surface area contributed by atoms with Gasteiger partial charge in [0.1, 0.15) is 5.75 Å². The molecule has 5 nitrogen and oxygen atoms in total. The number of nitrogens with zero attached hydrogens (tertiary/aromatic N) is 2. The Morgan fingerprint density at radius 1 is 1.29 bits per heavy atom. The molecule has 0 spiro atoms. The standard InChI is InChI=1S/C18H23N3O2S/c1-23-17-4-2-16(3-5-17)21-8-6-13(7-9-21)18(22)20-15-10-14(11-15)19-12-24/h2-5,13-15H,6-11H2,1H3,(H,20,22). The van der Waals surface area contributed by atoms with E-state index in [0.717, 1.165) is 44.5 Å². The van der Waals surface area contributed by atoms with Crippen LogP contribution in [0.3, 0.4) is 0 Å². The van der Waals surface area contributed by atoms with Crippen LogP contribution in [0.1, 0.15) is 25.7 Å². The Labute approximate surface area is 148 Å². The summed E-state index contributed by atoms with van der Waals surface area (Å²) in [5, 5.41) is 5.57. The molecule has 0 unspecified atom stereocenters. The number of amides is 1. The average Bonchev–Trinajstić information content (AvgIpc) is 2.60. The van der Waals surface area contributed by atoms with Crippen LogP contribution in [0, 0.1) is 5.92 Å². The number of thiocarbonyl (C=S) groups is 1. The Kier molecular flexibility index (Phi) is 5.48. The van der Waals surface area contributed by atoms with E-state index in [1.54, 1.807) is 7.11 Å². The molecule has 0 atom stereocenters. The van der Waals surface area contributed by atoms with Gasteiger partial charge in [-0.1, -0.05) is 0 Å². The molecule has 1 aliphatic carbocycles. The summed E-state index contributed by atoms with van der Waals surface area (Å²) < 4.78 is 5.19. The minimum absolute atomic E-state index is 0.118. The number of methoxy groups -OCH3 is 1. The van der Waals surface area contributed by atoms with E-state index in [1.165, 1.54) is 5.69 Å². The molecule has 3 rings (SSSR count). The van der Waals surface area contributed by atoms with Crippen LogP contribution < -0.4 is 15.0 Å². The molecule has 0 bridgehead atoms. The van der Waals surface area contributed by atoms with E-state index in [2.05, 4.69) is 44.7 Å². The highest BCUT2D eigenvalue weighted by molar-refractivity contribution is 7.78. The molecule has 0 aromatic heterocycles. The van der Waals surface area contributed by atoms with Crippen molar-refractivity contribution in [3.8, 4) is 5.75 Å². The Bertz CT molecular complexity index is 614. The zero-order valence-electron chi connectivity index (χ0n) is 13.9. The maximum Gasteiger partial charge on any atom is 0.223 e. The predicted molar refractivity (Wildman–Crippen MR) is 97.9 cm³/mol. The van der Waals surface area contributed by atoms with Crippen molar-refractivity contribution in [1.82, 2.24) is 5.32 Å². The number of benzene rings is 1. The van der Waals surface area contributed by atoms with Gasteiger partial charge in [-0.15, -0.1) is 0 Å². The van der Waals surface area contributed by atoms with Crippen LogP contribution in [0.5, 0.6) is 5.75 Å². The van der Waals surface area contributed by atoms with Crippen LogP contribution in [0.25, 0.3) is 0 Å². The van der Waals surface area contributed by atoms with E-state index in [0.29, 0.717) is 0 Å². The minimum Gasteiger partial charge on any atom is -0.497 e. The van der Waals surface area contributed by atoms with Crippen molar-refractivity contribution in [1.29, 1.82) is 0 Å². The van der Waals surface area contributed by atoms with Gasteiger partial charge in [0.05, 0.1) is 18.3 Å². The largest absolute Gasteiger partial charge is 0.497 e. The SMILES string of the molecule is COc1ccc(N2CCC(C(=O)NC3CC(N=C=S)C3)CC2)cc1. The lowest BCUT2D eigenvalue weighted by molar-refractivity contribution is -0.126. The number of carbonyl (C=O) groups excluding carboxylic acids is 1. The van der Waals surface area contributed by atoms with Gasteiger partial charge in [0.25, 0.3) is 0 Å². The molecule has 1 heterocycles. The lowest BCUT2D eigenvalue weighted by Crippen LogP contribution is -2.49. The number of hydrogen-bond donors (Lipinski definition) is 1. The molecule has 0 radical (unpaired) electrons. The molecule has 1 saturated carbocycles. The number of ether oxygens (including phenoxy) is 1. The third-order valence-electron chi connectivity index (χ3n) is 5.00. The van der Waals surface area contributed by atoms with Gasteiger partial charge in [0.2, 0.25) is 5.91 Å². The smallest absolute Gasteiger partial charge is 0.223 e. The summed E-state index contributed by atoms with van der Waals surface area (Å²) >= 11 is 4.61. The lowest BCUT2D eigenvalue weighted by atomic mass is 9.86. The van der Waals surface area contributed by atoms with Crippen LogP contribution in [-0.4, -0.2) is 43.4 Å². The molecule has 1 saturated heterocycles. The maximum atomic E-state index is 12.4. The Hall–Kier alpha value is -1.91. The quantitative estimate of drug-likeness (QED) is 0.658. The molecule has 2 aliphatic rings. The van der Waals surface area contributed by atoms with Crippen LogP contribution >= 0.6 is 12.2 Å². The Balaban J connectivity index is 1.44. The molecule has 1 amide bonds. The molecule has 1 aromatic carbocycles. The number of aliphatic imine (C=N–C) groups is 1. The first-order valence-electron chi connectivity index (χ1n) is 8.46. The number of anilines is 1. The molecule has 24 heavy (non-hydrogen) atoms. The number of rotatable bonds is 5. The van der Waals surface area contributed by atoms with Crippen molar-refractivity contribution in [3.63, 3.8) is 0 Å². The van der Waals surface area contributed by atoms with Crippen molar-refractivity contribution < 1.29 is 9.53 Å². The summed E-state index contributed by atoms with van der Waals surface area (Å²) in [5.41, 5.74) is 1.19. The van der Waals surface area contributed by atoms with E-state index in [4.69, 9.17) is 4.74 Å². The van der Waals surface area contributed by atoms with E-state index < -0.39 is 0 Å². The third kappa shape index (κ3) is 3.94. The lowest BCUT2D eigenvalue weighted by Gasteiger charge is -2.36. The summed E-state index contributed by atoms with van der Waals surface area (Å²) in [5.74, 6) is 1.18. The van der Waals surface area contributed by atoms with Crippen LogP contribution in [0.2, 0.25) is 0 Å². The summed E-state index contributed by atoms with van der Waals surface area (Å²) in [6.07, 6.45) is 3.57. The molecule has 2 fully saturated rings. The highest BCUT2D eigenvalue weighted by Gasteiger charge is 2.32. The number of carbonyl (C=O) groups is 1. The molecular weight excluding hydrogens is 322 g/mol. The van der Waals surface area contributed by atoms with Crippen molar-refractivity contribution in [2.45, 2.75) is 37.8 Å². The molecule has 1 aliphatic heterocycles. The highest BCUT2D eigenvalue weighted by Crippen LogP contribution is 2.27. The highest BCUT2D eigenvalue weighted by atomic mass is 32.1. The topological polar surface area (TPSA) is 53.9 Å². The average molecular weight is 345 g/mol.